The van der Waals surface area contributed by atoms with Crippen molar-refractivity contribution < 1.29 is 14.7 Å². The molecule has 26 heavy (non-hydrogen) atoms. The second-order valence-corrected chi connectivity index (χ2v) is 6.96. The monoisotopic (exact) mass is 352 g/mol. The number of oxime groups is 1. The van der Waals surface area contributed by atoms with Gasteiger partial charge in [0.15, 0.2) is 0 Å². The molecule has 0 aliphatic carbocycles. The van der Waals surface area contributed by atoms with E-state index in [4.69, 9.17) is 4.84 Å². The smallest absolute Gasteiger partial charge is 0.254 e. The van der Waals surface area contributed by atoms with E-state index in [1.165, 1.54) is 12.7 Å². The van der Waals surface area contributed by atoms with Gasteiger partial charge in [-0.05, 0) is 42.7 Å². The van der Waals surface area contributed by atoms with Crippen molar-refractivity contribution in [2.24, 2.45) is 5.16 Å². The highest BCUT2D eigenvalue weighted by Gasteiger charge is 2.43. The molecule has 0 radical (unpaired) electrons. The van der Waals surface area contributed by atoms with Crippen LogP contribution < -0.4 is 0 Å². The first-order valence-electron chi connectivity index (χ1n) is 8.66. The fourth-order valence-electron chi connectivity index (χ4n) is 3.46. The Morgan fingerprint density at radius 2 is 1.92 bits per heavy atom. The molecule has 0 bridgehead atoms. The standard InChI is InChI=1S/C21H24N2O3/c1-15-6-4-5-7-19(15)16-8-10-17(11-9-16)20(25)23-13-18(22-26-3)12-21(23,2)14-24/h4-11,24H,12-14H2,1-3H3/b22-18-/t21-/m0/s1. The maximum atomic E-state index is 13.0. The van der Waals surface area contributed by atoms with Crippen molar-refractivity contribution >= 4 is 11.6 Å². The Hall–Kier alpha value is -2.66. The Labute approximate surface area is 153 Å². The molecule has 1 heterocycles. The molecule has 136 valence electrons. The summed E-state index contributed by atoms with van der Waals surface area (Å²) in [5, 5.41) is 13.8. The fraction of sp³-hybridized carbons (Fsp3) is 0.333. The zero-order valence-corrected chi connectivity index (χ0v) is 15.4. The second-order valence-electron chi connectivity index (χ2n) is 6.96. The highest BCUT2D eigenvalue weighted by atomic mass is 16.6. The largest absolute Gasteiger partial charge is 0.399 e. The number of aryl methyl sites for hydroxylation is 1. The maximum absolute atomic E-state index is 13.0. The number of hydrogen-bond acceptors (Lipinski definition) is 4. The van der Waals surface area contributed by atoms with Gasteiger partial charge in [0, 0.05) is 12.0 Å². The SMILES string of the molecule is CO/N=C1\CN(C(=O)c2ccc(-c3ccccc3C)cc2)[C@](C)(CO)C1. The van der Waals surface area contributed by atoms with E-state index in [1.54, 1.807) is 4.90 Å². The summed E-state index contributed by atoms with van der Waals surface area (Å²) >= 11 is 0. The number of aliphatic hydroxyl groups is 1. The van der Waals surface area contributed by atoms with Crippen molar-refractivity contribution in [1.82, 2.24) is 4.90 Å². The van der Waals surface area contributed by atoms with Crippen molar-refractivity contribution in [3.63, 3.8) is 0 Å². The Kier molecular flexibility index (Phi) is 5.09. The third-order valence-corrected chi connectivity index (χ3v) is 4.97. The van der Waals surface area contributed by atoms with Crippen LogP contribution in [0.1, 0.15) is 29.3 Å². The average Bonchev–Trinajstić information content (AvgIpc) is 2.99. The lowest BCUT2D eigenvalue weighted by atomic mass is 9.97. The molecule has 1 saturated heterocycles. The van der Waals surface area contributed by atoms with Gasteiger partial charge in [0.2, 0.25) is 0 Å². The van der Waals surface area contributed by atoms with E-state index in [0.717, 1.165) is 16.8 Å². The molecule has 2 aromatic carbocycles. The van der Waals surface area contributed by atoms with E-state index in [9.17, 15) is 9.90 Å². The van der Waals surface area contributed by atoms with Gasteiger partial charge in [-0.1, -0.05) is 41.6 Å². The molecular weight excluding hydrogens is 328 g/mol. The highest BCUT2D eigenvalue weighted by molar-refractivity contribution is 6.01. The van der Waals surface area contributed by atoms with E-state index in [-0.39, 0.29) is 12.5 Å². The molecule has 0 saturated carbocycles. The molecule has 1 aliphatic rings. The molecule has 2 aromatic rings. The maximum Gasteiger partial charge on any atom is 0.254 e. The molecule has 0 spiro atoms. The minimum absolute atomic E-state index is 0.112. The zero-order chi connectivity index (χ0) is 18.7. The van der Waals surface area contributed by atoms with E-state index in [0.29, 0.717) is 18.5 Å². The van der Waals surface area contributed by atoms with Crippen LogP contribution >= 0.6 is 0 Å². The summed E-state index contributed by atoms with van der Waals surface area (Å²) in [7, 11) is 1.48. The molecule has 1 amide bonds. The fourth-order valence-corrected chi connectivity index (χ4v) is 3.46. The molecule has 1 fully saturated rings. The third-order valence-electron chi connectivity index (χ3n) is 4.97. The minimum atomic E-state index is -0.664. The molecule has 1 aliphatic heterocycles. The number of carbonyl (C=O) groups excluding carboxylic acids is 1. The predicted molar refractivity (Wildman–Crippen MR) is 102 cm³/mol. The van der Waals surface area contributed by atoms with E-state index >= 15 is 0 Å². The number of amides is 1. The van der Waals surface area contributed by atoms with Crippen LogP contribution in [0.25, 0.3) is 11.1 Å². The summed E-state index contributed by atoms with van der Waals surface area (Å²) < 4.78 is 0. The summed E-state index contributed by atoms with van der Waals surface area (Å²) in [6.07, 6.45) is 0.504. The van der Waals surface area contributed by atoms with Crippen LogP contribution in [0.4, 0.5) is 0 Å². The first-order chi connectivity index (χ1) is 12.5. The highest BCUT2D eigenvalue weighted by Crippen LogP contribution is 2.30. The van der Waals surface area contributed by atoms with Gasteiger partial charge in [0.1, 0.15) is 7.11 Å². The summed E-state index contributed by atoms with van der Waals surface area (Å²) in [5.74, 6) is -0.112. The average molecular weight is 352 g/mol. The van der Waals surface area contributed by atoms with Gasteiger partial charge in [-0.25, -0.2) is 0 Å². The Bertz CT molecular complexity index is 829. The predicted octanol–water partition coefficient (Wildman–Crippen LogP) is 3.26. The van der Waals surface area contributed by atoms with Crippen molar-refractivity contribution in [3.05, 3.63) is 59.7 Å². The molecular formula is C21H24N2O3. The number of hydrogen-bond donors (Lipinski definition) is 1. The Balaban J connectivity index is 1.86. The topological polar surface area (TPSA) is 62.1 Å². The van der Waals surface area contributed by atoms with Gasteiger partial charge < -0.3 is 14.8 Å². The van der Waals surface area contributed by atoms with Gasteiger partial charge in [0.25, 0.3) is 5.91 Å². The lowest BCUT2D eigenvalue weighted by Crippen LogP contribution is -2.47. The number of carbonyl (C=O) groups is 1. The molecule has 1 N–H and O–H groups in total. The number of nitrogens with zero attached hydrogens (tertiary/aromatic N) is 2. The minimum Gasteiger partial charge on any atom is -0.399 e. The van der Waals surface area contributed by atoms with Gasteiger partial charge in [0.05, 0.1) is 24.4 Å². The lowest BCUT2D eigenvalue weighted by Gasteiger charge is -2.32. The van der Waals surface area contributed by atoms with Gasteiger partial charge in [-0.15, -0.1) is 0 Å². The first kappa shape index (κ1) is 18.1. The Morgan fingerprint density at radius 1 is 1.23 bits per heavy atom. The van der Waals surface area contributed by atoms with Crippen LogP contribution in [0.15, 0.2) is 53.7 Å². The van der Waals surface area contributed by atoms with E-state index in [2.05, 4.69) is 24.2 Å². The van der Waals surface area contributed by atoms with Gasteiger partial charge in [-0.3, -0.25) is 4.79 Å². The van der Waals surface area contributed by atoms with Crippen molar-refractivity contribution in [2.45, 2.75) is 25.8 Å². The summed E-state index contributed by atoms with van der Waals surface area (Å²) in [5.41, 5.74) is 4.12. The molecule has 1 atom stereocenters. The third kappa shape index (κ3) is 3.35. The molecule has 5 nitrogen and oxygen atoms in total. The van der Waals surface area contributed by atoms with Crippen LogP contribution in [0.3, 0.4) is 0 Å². The Morgan fingerprint density at radius 3 is 2.54 bits per heavy atom. The summed E-state index contributed by atoms with van der Waals surface area (Å²) in [6, 6.07) is 15.8. The van der Waals surface area contributed by atoms with Crippen LogP contribution in [0.2, 0.25) is 0 Å². The second kappa shape index (κ2) is 7.30. The first-order valence-corrected chi connectivity index (χ1v) is 8.66. The van der Waals surface area contributed by atoms with E-state index < -0.39 is 5.54 Å². The molecule has 3 rings (SSSR count). The van der Waals surface area contributed by atoms with Crippen LogP contribution in [-0.4, -0.2) is 47.4 Å². The number of likely N-dealkylation sites (tertiary alicyclic amines) is 1. The van der Waals surface area contributed by atoms with Crippen molar-refractivity contribution in [2.75, 3.05) is 20.3 Å². The van der Waals surface area contributed by atoms with Crippen LogP contribution in [0.5, 0.6) is 0 Å². The molecule has 5 heteroatoms. The molecule has 0 unspecified atom stereocenters. The van der Waals surface area contributed by atoms with E-state index in [1.807, 2.05) is 43.3 Å². The number of benzene rings is 2. The van der Waals surface area contributed by atoms with Gasteiger partial charge in [-0.2, -0.15) is 0 Å². The summed E-state index contributed by atoms with van der Waals surface area (Å²) in [4.78, 5) is 19.5. The normalized spacial score (nSPS) is 21.2. The van der Waals surface area contributed by atoms with Gasteiger partial charge >= 0.3 is 0 Å². The van der Waals surface area contributed by atoms with Crippen molar-refractivity contribution in [1.29, 1.82) is 0 Å². The zero-order valence-electron chi connectivity index (χ0n) is 15.4. The van der Waals surface area contributed by atoms with Crippen molar-refractivity contribution in [3.8, 4) is 11.1 Å². The van der Waals surface area contributed by atoms with Crippen LogP contribution in [-0.2, 0) is 4.84 Å². The van der Waals surface area contributed by atoms with Crippen LogP contribution in [0, 0.1) is 6.92 Å². The lowest BCUT2D eigenvalue weighted by molar-refractivity contribution is 0.0473. The quantitative estimate of drug-likeness (QED) is 0.859. The number of aliphatic hydroxyl groups excluding tert-OH is 1. The number of rotatable bonds is 4. The summed E-state index contributed by atoms with van der Waals surface area (Å²) in [6.45, 7) is 4.18. The molecule has 0 aromatic heterocycles.